The number of rotatable bonds is 10. The Labute approximate surface area is 271 Å². The summed E-state index contributed by atoms with van der Waals surface area (Å²) in [6.07, 6.45) is -7.64. The van der Waals surface area contributed by atoms with Crippen LogP contribution in [0.4, 0.5) is 18.0 Å². The van der Waals surface area contributed by atoms with Gasteiger partial charge in [0.15, 0.2) is 0 Å². The molecule has 6 atom stereocenters. The molecule has 0 radical (unpaired) electrons. The average molecular weight is 672 g/mol. The Morgan fingerprint density at radius 2 is 1.57 bits per heavy atom. The molecule has 3 rings (SSSR count). The molecule has 0 saturated carbocycles. The minimum atomic E-state index is -4.60. The molecule has 2 aliphatic heterocycles. The molecule has 2 fully saturated rings. The van der Waals surface area contributed by atoms with Crippen LogP contribution in [-0.4, -0.2) is 104 Å². The van der Waals surface area contributed by atoms with E-state index in [4.69, 9.17) is 10.5 Å². The number of hydrogen-bond donors (Lipinski definition) is 5. The lowest BCUT2D eigenvalue weighted by Crippen LogP contribution is -2.65. The van der Waals surface area contributed by atoms with Gasteiger partial charge in [-0.2, -0.15) is 13.2 Å². The molecule has 1 aromatic rings. The van der Waals surface area contributed by atoms with Crippen molar-refractivity contribution in [3.05, 3.63) is 35.4 Å². The van der Waals surface area contributed by atoms with E-state index in [1.807, 2.05) is 0 Å². The Hall–Kier alpha value is -3.92. The van der Waals surface area contributed by atoms with E-state index in [-0.39, 0.29) is 37.9 Å². The minimum Gasteiger partial charge on any atom is -0.444 e. The maximum absolute atomic E-state index is 14.3. The van der Waals surface area contributed by atoms with Crippen LogP contribution in [0.3, 0.4) is 0 Å². The molecule has 0 bridgehead atoms. The Kier molecular flexibility index (Phi) is 11.5. The van der Waals surface area contributed by atoms with Gasteiger partial charge >= 0.3 is 12.3 Å². The molecule has 16 heteroatoms. The van der Waals surface area contributed by atoms with Gasteiger partial charge in [0, 0.05) is 19.5 Å². The monoisotopic (exact) mass is 671 g/mol. The zero-order chi connectivity index (χ0) is 35.5. The van der Waals surface area contributed by atoms with Gasteiger partial charge < -0.3 is 41.1 Å². The van der Waals surface area contributed by atoms with Gasteiger partial charge in [0.2, 0.25) is 23.6 Å². The molecule has 4 unspecified atom stereocenters. The number of hydrogen-bond acceptors (Lipinski definition) is 8. The van der Waals surface area contributed by atoms with Gasteiger partial charge in [0.25, 0.3) is 0 Å². The fraction of sp³-hybridized carbons (Fsp3) is 0.645. The lowest BCUT2D eigenvalue weighted by atomic mass is 9.85. The number of ether oxygens (including phenoxy) is 1. The number of aliphatic hydroxyl groups is 2. The van der Waals surface area contributed by atoms with Crippen molar-refractivity contribution in [2.75, 3.05) is 13.1 Å². The summed E-state index contributed by atoms with van der Waals surface area (Å²) < 4.78 is 45.0. The molecule has 2 heterocycles. The highest BCUT2D eigenvalue weighted by Gasteiger charge is 2.53. The second-order valence-corrected chi connectivity index (χ2v) is 13.1. The van der Waals surface area contributed by atoms with Crippen molar-refractivity contribution in [1.29, 1.82) is 0 Å². The SMILES string of the molecule is CC(O)C(NC(=O)OC(C)(C)C)C(=O)N1CCC[C@H]1C(=O)N1CCCC1(Cc1ccc(C(F)(F)F)cc1)C(=O)NC(C(N)=O)[C@@H](C)O. The first kappa shape index (κ1) is 37.5. The Balaban J connectivity index is 1.97. The van der Waals surface area contributed by atoms with Crippen LogP contribution in [0.25, 0.3) is 0 Å². The van der Waals surface area contributed by atoms with Crippen LogP contribution in [0.15, 0.2) is 24.3 Å². The summed E-state index contributed by atoms with van der Waals surface area (Å²) in [5.74, 6) is -3.27. The maximum Gasteiger partial charge on any atom is 0.416 e. The second-order valence-electron chi connectivity index (χ2n) is 13.1. The third-order valence-electron chi connectivity index (χ3n) is 8.27. The van der Waals surface area contributed by atoms with Crippen LogP contribution in [-0.2, 0) is 36.5 Å². The maximum atomic E-state index is 14.3. The van der Waals surface area contributed by atoms with E-state index in [9.17, 15) is 47.4 Å². The van der Waals surface area contributed by atoms with E-state index < -0.39 is 82.9 Å². The first-order valence-electron chi connectivity index (χ1n) is 15.4. The number of nitrogens with one attached hydrogen (secondary N) is 2. The van der Waals surface area contributed by atoms with E-state index in [0.717, 1.165) is 12.1 Å². The zero-order valence-corrected chi connectivity index (χ0v) is 27.1. The lowest BCUT2D eigenvalue weighted by molar-refractivity contribution is -0.153. The first-order valence-corrected chi connectivity index (χ1v) is 15.4. The Bertz CT molecular complexity index is 1330. The van der Waals surface area contributed by atoms with Gasteiger partial charge in [0.1, 0.15) is 29.3 Å². The number of amides is 5. The van der Waals surface area contributed by atoms with Gasteiger partial charge in [-0.05, 0) is 78.0 Å². The predicted octanol–water partition coefficient (Wildman–Crippen LogP) is 1.23. The number of benzene rings is 1. The first-order chi connectivity index (χ1) is 21.7. The molecule has 2 saturated heterocycles. The molecule has 262 valence electrons. The number of alkyl halides is 3. The summed E-state index contributed by atoms with van der Waals surface area (Å²) >= 11 is 0. The fourth-order valence-corrected chi connectivity index (χ4v) is 6.02. The topological polar surface area (TPSA) is 192 Å². The van der Waals surface area contributed by atoms with E-state index in [1.165, 1.54) is 35.8 Å². The standard InChI is InChI=1S/C31H44F3N5O8/c1-17(40)22(24(35)42)36-27(45)30(16-19-9-11-20(12-10-19)31(32,33)34)13-7-15-39(30)25(43)21-8-6-14-38(21)26(44)23(18(2)41)37-28(46)47-29(3,4)5/h9-12,17-18,21-23,40-41H,6-8,13-16H2,1-5H3,(H2,35,42)(H,36,45)(H,37,46)/t17-,18?,21+,22?,23?,30?/m1/s1. The van der Waals surface area contributed by atoms with Crippen LogP contribution >= 0.6 is 0 Å². The van der Waals surface area contributed by atoms with Crippen molar-refractivity contribution < 1.29 is 52.1 Å². The van der Waals surface area contributed by atoms with Crippen molar-refractivity contribution in [3.8, 4) is 0 Å². The van der Waals surface area contributed by atoms with Crippen LogP contribution in [0.2, 0.25) is 0 Å². The molecular weight excluding hydrogens is 627 g/mol. The molecule has 13 nitrogen and oxygen atoms in total. The largest absolute Gasteiger partial charge is 0.444 e. The number of aliphatic hydroxyl groups excluding tert-OH is 2. The molecule has 47 heavy (non-hydrogen) atoms. The Morgan fingerprint density at radius 3 is 2.09 bits per heavy atom. The number of primary amides is 1. The molecule has 1 aromatic carbocycles. The number of nitrogens with two attached hydrogens (primary N) is 1. The van der Waals surface area contributed by atoms with E-state index in [1.54, 1.807) is 20.8 Å². The molecule has 5 amide bonds. The van der Waals surface area contributed by atoms with Crippen molar-refractivity contribution in [3.63, 3.8) is 0 Å². The quantitative estimate of drug-likeness (QED) is 0.245. The van der Waals surface area contributed by atoms with Crippen LogP contribution in [0, 0.1) is 0 Å². The third-order valence-corrected chi connectivity index (χ3v) is 8.27. The van der Waals surface area contributed by atoms with Gasteiger partial charge in [-0.3, -0.25) is 19.2 Å². The summed E-state index contributed by atoms with van der Waals surface area (Å²) in [6.45, 7) is 7.54. The number of nitrogens with zero attached hydrogens (tertiary/aromatic N) is 2. The Morgan fingerprint density at radius 1 is 0.979 bits per heavy atom. The normalized spacial score (nSPS) is 22.6. The van der Waals surface area contributed by atoms with E-state index in [0.29, 0.717) is 12.8 Å². The molecule has 0 aromatic heterocycles. The van der Waals surface area contributed by atoms with Gasteiger partial charge in [0.05, 0.1) is 17.8 Å². The van der Waals surface area contributed by atoms with Gasteiger partial charge in [-0.1, -0.05) is 12.1 Å². The molecule has 0 aliphatic carbocycles. The number of likely N-dealkylation sites (tertiary alicyclic amines) is 2. The van der Waals surface area contributed by atoms with Crippen LogP contribution in [0.1, 0.15) is 71.4 Å². The van der Waals surface area contributed by atoms with Crippen LogP contribution in [0.5, 0.6) is 0 Å². The minimum absolute atomic E-state index is 0.0390. The van der Waals surface area contributed by atoms with Crippen molar-refractivity contribution >= 4 is 29.7 Å². The number of alkyl carbamates (subject to hydrolysis) is 1. The van der Waals surface area contributed by atoms with Crippen molar-refractivity contribution in [2.45, 2.75) is 114 Å². The van der Waals surface area contributed by atoms with Crippen molar-refractivity contribution in [2.24, 2.45) is 5.73 Å². The molecule has 6 N–H and O–H groups in total. The summed E-state index contributed by atoms with van der Waals surface area (Å²) in [4.78, 5) is 69.0. The van der Waals surface area contributed by atoms with Gasteiger partial charge in [-0.25, -0.2) is 4.79 Å². The lowest BCUT2D eigenvalue weighted by Gasteiger charge is -2.41. The molecular formula is C31H44F3N5O8. The summed E-state index contributed by atoms with van der Waals surface area (Å²) in [6, 6.07) is 0.00925. The average Bonchev–Trinajstić information content (AvgIpc) is 3.60. The highest BCUT2D eigenvalue weighted by molar-refractivity contribution is 5.98. The molecule has 0 spiro atoms. The van der Waals surface area contributed by atoms with Gasteiger partial charge in [-0.15, -0.1) is 0 Å². The van der Waals surface area contributed by atoms with E-state index in [2.05, 4.69) is 10.6 Å². The second kappa shape index (κ2) is 14.5. The number of carbonyl (C=O) groups is 5. The van der Waals surface area contributed by atoms with E-state index >= 15 is 0 Å². The number of carbonyl (C=O) groups excluding carboxylic acids is 5. The predicted molar refractivity (Wildman–Crippen MR) is 161 cm³/mol. The fourth-order valence-electron chi connectivity index (χ4n) is 6.02. The summed E-state index contributed by atoms with van der Waals surface area (Å²) in [7, 11) is 0. The smallest absolute Gasteiger partial charge is 0.416 e. The number of halogens is 3. The molecule has 2 aliphatic rings. The third kappa shape index (κ3) is 8.91. The summed E-state index contributed by atoms with van der Waals surface area (Å²) in [5.41, 5.74) is 2.16. The van der Waals surface area contributed by atoms with Crippen molar-refractivity contribution in [1.82, 2.24) is 20.4 Å². The zero-order valence-electron chi connectivity index (χ0n) is 27.1. The summed E-state index contributed by atoms with van der Waals surface area (Å²) in [5, 5.41) is 25.3. The highest BCUT2D eigenvalue weighted by atomic mass is 19.4. The highest BCUT2D eigenvalue weighted by Crippen LogP contribution is 2.37. The van der Waals surface area contributed by atoms with Crippen LogP contribution < -0.4 is 16.4 Å².